The summed E-state index contributed by atoms with van der Waals surface area (Å²) < 4.78 is 0. The Bertz CT molecular complexity index is 123. The van der Waals surface area contributed by atoms with Gasteiger partial charge in [-0.25, -0.2) is 0 Å². The van der Waals surface area contributed by atoms with Crippen LogP contribution < -0.4 is 0 Å². The molecule has 0 saturated carbocycles. The summed E-state index contributed by atoms with van der Waals surface area (Å²) in [6, 6.07) is 0.0416. The lowest BCUT2D eigenvalue weighted by atomic mass is 9.94. The molecule has 0 N–H and O–H groups in total. The van der Waals surface area contributed by atoms with Crippen LogP contribution in [0, 0.1) is 16.7 Å². The van der Waals surface area contributed by atoms with Crippen molar-refractivity contribution in [2.24, 2.45) is 17.0 Å². The van der Waals surface area contributed by atoms with Crippen LogP contribution in [0.4, 0.5) is 0 Å². The van der Waals surface area contributed by atoms with Crippen LogP contribution in [0.2, 0.25) is 0 Å². The number of rotatable bonds is 6. The van der Waals surface area contributed by atoms with E-state index >= 15 is 0 Å². The lowest BCUT2D eigenvalue weighted by molar-refractivity contribution is 0.399. The maximum absolute atomic E-state index is 10.4. The van der Waals surface area contributed by atoms with E-state index in [0.29, 0.717) is 11.8 Å². The summed E-state index contributed by atoms with van der Waals surface area (Å²) in [7, 11) is 0. The first kappa shape index (κ1) is 11.6. The van der Waals surface area contributed by atoms with Gasteiger partial charge in [0, 0.05) is 0 Å². The van der Waals surface area contributed by atoms with Gasteiger partial charge < -0.3 is 0 Å². The van der Waals surface area contributed by atoms with Crippen LogP contribution in [-0.4, -0.2) is 6.04 Å². The Balaban J connectivity index is 3.74. The molecule has 0 aliphatic carbocycles. The molecule has 0 amide bonds. The van der Waals surface area contributed by atoms with Gasteiger partial charge in [-0.2, -0.15) is 4.91 Å². The highest BCUT2D eigenvalue weighted by Crippen LogP contribution is 2.18. The van der Waals surface area contributed by atoms with Gasteiger partial charge in [0.25, 0.3) is 0 Å². The molecule has 0 aromatic rings. The Labute approximate surface area is 75.7 Å². The van der Waals surface area contributed by atoms with Crippen LogP contribution in [0.3, 0.4) is 0 Å². The standard InChI is InChI=1S/C10H21NO/c1-5-9(4)7-10(11-12)6-8(2)3/h8-10H,5-7H2,1-4H3/t9-,10?/m1/s1. The molecule has 0 fully saturated rings. The predicted octanol–water partition coefficient (Wildman–Crippen LogP) is 3.60. The Morgan fingerprint density at radius 3 is 2.08 bits per heavy atom. The first-order valence-electron chi connectivity index (χ1n) is 4.92. The third kappa shape index (κ3) is 5.28. The van der Waals surface area contributed by atoms with E-state index in [2.05, 4.69) is 32.9 Å². The highest BCUT2D eigenvalue weighted by Gasteiger charge is 2.13. The fourth-order valence-electron chi connectivity index (χ4n) is 1.36. The molecule has 0 aliphatic heterocycles. The summed E-state index contributed by atoms with van der Waals surface area (Å²) in [5, 5.41) is 3.17. The number of hydrogen-bond acceptors (Lipinski definition) is 2. The van der Waals surface area contributed by atoms with Crippen LogP contribution in [0.15, 0.2) is 5.18 Å². The van der Waals surface area contributed by atoms with Crippen molar-refractivity contribution in [3.8, 4) is 0 Å². The van der Waals surface area contributed by atoms with Crippen LogP contribution in [0.25, 0.3) is 0 Å². The van der Waals surface area contributed by atoms with Gasteiger partial charge in [0.15, 0.2) is 0 Å². The summed E-state index contributed by atoms with van der Waals surface area (Å²) >= 11 is 0. The molecule has 0 saturated heterocycles. The maximum atomic E-state index is 10.4. The molecule has 0 spiro atoms. The highest BCUT2D eigenvalue weighted by atomic mass is 16.3. The van der Waals surface area contributed by atoms with Crippen molar-refractivity contribution in [1.29, 1.82) is 0 Å². The van der Waals surface area contributed by atoms with Gasteiger partial charge in [-0.3, -0.25) is 0 Å². The van der Waals surface area contributed by atoms with Crippen molar-refractivity contribution in [3.63, 3.8) is 0 Å². The Kier molecular flexibility index (Phi) is 5.95. The summed E-state index contributed by atoms with van der Waals surface area (Å²) in [4.78, 5) is 10.4. The third-order valence-corrected chi connectivity index (χ3v) is 2.26. The lowest BCUT2D eigenvalue weighted by Gasteiger charge is -2.14. The van der Waals surface area contributed by atoms with Crippen LogP contribution in [0.1, 0.15) is 47.0 Å². The summed E-state index contributed by atoms with van der Waals surface area (Å²) in [5.41, 5.74) is 0. The van der Waals surface area contributed by atoms with Crippen molar-refractivity contribution in [1.82, 2.24) is 0 Å². The molecular weight excluding hydrogens is 150 g/mol. The second kappa shape index (κ2) is 6.15. The van der Waals surface area contributed by atoms with Gasteiger partial charge in [0.1, 0.15) is 0 Å². The molecule has 0 aromatic carbocycles. The minimum absolute atomic E-state index is 0.0416. The van der Waals surface area contributed by atoms with E-state index < -0.39 is 0 Å². The van der Waals surface area contributed by atoms with Gasteiger partial charge in [-0.1, -0.05) is 39.3 Å². The molecule has 0 aliphatic rings. The summed E-state index contributed by atoms with van der Waals surface area (Å²) in [6.07, 6.45) is 3.04. The zero-order chi connectivity index (χ0) is 9.56. The molecule has 72 valence electrons. The molecule has 0 bridgehead atoms. The molecule has 0 rings (SSSR count). The average Bonchev–Trinajstić information content (AvgIpc) is 2.02. The van der Waals surface area contributed by atoms with E-state index in [1.807, 2.05) is 0 Å². The van der Waals surface area contributed by atoms with Crippen molar-refractivity contribution >= 4 is 0 Å². The highest BCUT2D eigenvalue weighted by molar-refractivity contribution is 4.70. The molecule has 2 nitrogen and oxygen atoms in total. The smallest absolute Gasteiger partial charge is 0.0924 e. The molecule has 0 aromatic heterocycles. The molecule has 12 heavy (non-hydrogen) atoms. The first-order valence-corrected chi connectivity index (χ1v) is 4.92. The minimum Gasteiger partial charge on any atom is -0.151 e. The maximum Gasteiger partial charge on any atom is 0.0924 e. The molecular formula is C10H21NO. The number of nitrogens with zero attached hydrogens (tertiary/aromatic N) is 1. The minimum atomic E-state index is 0.0416. The van der Waals surface area contributed by atoms with Crippen molar-refractivity contribution in [2.45, 2.75) is 53.0 Å². The predicted molar refractivity (Wildman–Crippen MR) is 53.1 cm³/mol. The quantitative estimate of drug-likeness (QED) is 0.561. The lowest BCUT2D eigenvalue weighted by Crippen LogP contribution is -2.11. The van der Waals surface area contributed by atoms with E-state index in [1.165, 1.54) is 0 Å². The zero-order valence-corrected chi connectivity index (χ0v) is 8.71. The molecule has 1 unspecified atom stereocenters. The topological polar surface area (TPSA) is 29.4 Å². The normalized spacial score (nSPS) is 16.1. The van der Waals surface area contributed by atoms with E-state index in [9.17, 15) is 4.91 Å². The monoisotopic (exact) mass is 171 g/mol. The van der Waals surface area contributed by atoms with Crippen molar-refractivity contribution < 1.29 is 0 Å². The molecule has 2 atom stereocenters. The van der Waals surface area contributed by atoms with Crippen LogP contribution in [0.5, 0.6) is 0 Å². The van der Waals surface area contributed by atoms with Crippen molar-refractivity contribution in [3.05, 3.63) is 4.91 Å². The number of hydrogen-bond donors (Lipinski definition) is 0. The van der Waals surface area contributed by atoms with E-state index in [4.69, 9.17) is 0 Å². The Hall–Kier alpha value is -0.400. The molecule has 2 heteroatoms. The zero-order valence-electron chi connectivity index (χ0n) is 8.71. The summed E-state index contributed by atoms with van der Waals surface area (Å²) in [6.45, 7) is 8.60. The Morgan fingerprint density at radius 2 is 1.75 bits per heavy atom. The van der Waals surface area contributed by atoms with Crippen LogP contribution in [-0.2, 0) is 0 Å². The second-order valence-corrected chi connectivity index (χ2v) is 4.14. The fourth-order valence-corrected chi connectivity index (χ4v) is 1.36. The fraction of sp³-hybridized carbons (Fsp3) is 1.00. The Morgan fingerprint density at radius 1 is 1.17 bits per heavy atom. The van der Waals surface area contributed by atoms with Crippen LogP contribution >= 0.6 is 0 Å². The van der Waals surface area contributed by atoms with E-state index in [0.717, 1.165) is 19.3 Å². The van der Waals surface area contributed by atoms with Gasteiger partial charge in [0.2, 0.25) is 0 Å². The van der Waals surface area contributed by atoms with Crippen molar-refractivity contribution in [2.75, 3.05) is 0 Å². The number of nitroso groups, excluding NO2 is 1. The second-order valence-electron chi connectivity index (χ2n) is 4.14. The average molecular weight is 171 g/mol. The largest absolute Gasteiger partial charge is 0.151 e. The van der Waals surface area contributed by atoms with Gasteiger partial charge >= 0.3 is 0 Å². The van der Waals surface area contributed by atoms with Gasteiger partial charge in [-0.15, -0.1) is 0 Å². The van der Waals surface area contributed by atoms with E-state index in [1.54, 1.807) is 0 Å². The molecule has 0 heterocycles. The first-order chi connectivity index (χ1) is 5.60. The van der Waals surface area contributed by atoms with Gasteiger partial charge in [0.05, 0.1) is 6.04 Å². The van der Waals surface area contributed by atoms with Gasteiger partial charge in [-0.05, 0) is 24.7 Å². The van der Waals surface area contributed by atoms with E-state index in [-0.39, 0.29) is 6.04 Å². The summed E-state index contributed by atoms with van der Waals surface area (Å²) in [5.74, 6) is 1.21. The third-order valence-electron chi connectivity index (χ3n) is 2.26. The molecule has 0 radical (unpaired) electrons. The SMILES string of the molecule is CC[C@@H](C)CC(CC(C)C)N=O.